The fraction of sp³-hybridized carbons (Fsp3) is 0.429. The average Bonchev–Trinajstić information content (AvgIpc) is 2.37. The SMILES string of the molecule is CC(C)C(NC(=O)NCCc1ccccc1F)C(=O)O. The van der Waals surface area contributed by atoms with Gasteiger partial charge in [0.2, 0.25) is 0 Å². The molecular formula is C14H19FN2O3. The minimum atomic E-state index is -1.08. The smallest absolute Gasteiger partial charge is 0.326 e. The number of nitrogens with one attached hydrogen (secondary N) is 2. The van der Waals surface area contributed by atoms with Crippen molar-refractivity contribution in [1.82, 2.24) is 10.6 Å². The summed E-state index contributed by atoms with van der Waals surface area (Å²) in [5.74, 6) is -1.62. The molecule has 2 amide bonds. The molecule has 0 bridgehead atoms. The second-order valence-corrected chi connectivity index (χ2v) is 4.80. The molecule has 6 heteroatoms. The summed E-state index contributed by atoms with van der Waals surface area (Å²) < 4.78 is 13.3. The van der Waals surface area contributed by atoms with Gasteiger partial charge in [0.25, 0.3) is 0 Å². The Morgan fingerprint density at radius 2 is 1.95 bits per heavy atom. The van der Waals surface area contributed by atoms with Crippen molar-refractivity contribution < 1.29 is 19.1 Å². The molecule has 0 saturated carbocycles. The van der Waals surface area contributed by atoms with Gasteiger partial charge in [0, 0.05) is 6.54 Å². The van der Waals surface area contributed by atoms with Gasteiger partial charge in [-0.1, -0.05) is 32.0 Å². The van der Waals surface area contributed by atoms with Crippen molar-refractivity contribution in [3.05, 3.63) is 35.6 Å². The molecule has 0 radical (unpaired) electrons. The summed E-state index contributed by atoms with van der Waals surface area (Å²) in [5, 5.41) is 13.8. The minimum Gasteiger partial charge on any atom is -0.480 e. The summed E-state index contributed by atoms with van der Waals surface area (Å²) >= 11 is 0. The number of urea groups is 1. The van der Waals surface area contributed by atoms with Crippen LogP contribution in [-0.2, 0) is 11.2 Å². The number of halogens is 1. The van der Waals surface area contributed by atoms with Crippen molar-refractivity contribution in [3.8, 4) is 0 Å². The number of aliphatic carboxylic acids is 1. The van der Waals surface area contributed by atoms with Crippen LogP contribution in [0.5, 0.6) is 0 Å². The van der Waals surface area contributed by atoms with E-state index in [1.54, 1.807) is 32.0 Å². The van der Waals surface area contributed by atoms with Crippen LogP contribution in [0.3, 0.4) is 0 Å². The molecule has 0 heterocycles. The van der Waals surface area contributed by atoms with Gasteiger partial charge in [-0.15, -0.1) is 0 Å². The van der Waals surface area contributed by atoms with Gasteiger partial charge in [-0.25, -0.2) is 14.0 Å². The van der Waals surface area contributed by atoms with Gasteiger partial charge in [-0.05, 0) is 24.0 Å². The van der Waals surface area contributed by atoms with E-state index in [9.17, 15) is 14.0 Å². The van der Waals surface area contributed by atoms with E-state index in [1.807, 2.05) is 0 Å². The Kier molecular flexibility index (Phi) is 5.96. The van der Waals surface area contributed by atoms with Crippen LogP contribution in [0.1, 0.15) is 19.4 Å². The van der Waals surface area contributed by atoms with Crippen LogP contribution in [0.4, 0.5) is 9.18 Å². The van der Waals surface area contributed by atoms with E-state index in [4.69, 9.17) is 5.11 Å². The maximum Gasteiger partial charge on any atom is 0.326 e. The van der Waals surface area contributed by atoms with Crippen LogP contribution < -0.4 is 10.6 Å². The molecule has 0 aliphatic heterocycles. The maximum absolute atomic E-state index is 13.3. The maximum atomic E-state index is 13.3. The molecule has 1 aromatic rings. The van der Waals surface area contributed by atoms with E-state index >= 15 is 0 Å². The van der Waals surface area contributed by atoms with E-state index in [2.05, 4.69) is 10.6 Å². The van der Waals surface area contributed by atoms with Crippen LogP contribution in [0.2, 0.25) is 0 Å². The summed E-state index contributed by atoms with van der Waals surface area (Å²) in [4.78, 5) is 22.5. The average molecular weight is 282 g/mol. The molecule has 110 valence electrons. The van der Waals surface area contributed by atoms with Crippen LogP contribution in [-0.4, -0.2) is 29.7 Å². The lowest BCUT2D eigenvalue weighted by atomic mass is 10.1. The lowest BCUT2D eigenvalue weighted by molar-refractivity contribution is -0.140. The van der Waals surface area contributed by atoms with E-state index in [-0.39, 0.29) is 18.3 Å². The second kappa shape index (κ2) is 7.47. The van der Waals surface area contributed by atoms with E-state index in [0.29, 0.717) is 12.0 Å². The third-order valence-electron chi connectivity index (χ3n) is 2.86. The monoisotopic (exact) mass is 282 g/mol. The molecule has 0 fully saturated rings. The highest BCUT2D eigenvalue weighted by Crippen LogP contribution is 2.06. The summed E-state index contributed by atoms with van der Waals surface area (Å²) in [6, 6.07) is 4.81. The van der Waals surface area contributed by atoms with Crippen LogP contribution in [0.25, 0.3) is 0 Å². The molecule has 0 aliphatic carbocycles. The first-order valence-corrected chi connectivity index (χ1v) is 6.42. The number of carbonyl (C=O) groups excluding carboxylic acids is 1. The predicted octanol–water partition coefficient (Wildman–Crippen LogP) is 1.78. The fourth-order valence-corrected chi connectivity index (χ4v) is 1.72. The molecule has 0 spiro atoms. The molecule has 5 nitrogen and oxygen atoms in total. The van der Waals surface area contributed by atoms with E-state index < -0.39 is 18.0 Å². The van der Waals surface area contributed by atoms with Crippen molar-refractivity contribution in [2.45, 2.75) is 26.3 Å². The zero-order valence-corrected chi connectivity index (χ0v) is 11.5. The molecule has 0 aromatic heterocycles. The van der Waals surface area contributed by atoms with Crippen LogP contribution >= 0.6 is 0 Å². The summed E-state index contributed by atoms with van der Waals surface area (Å²) in [5.41, 5.74) is 0.506. The van der Waals surface area contributed by atoms with Crippen molar-refractivity contribution in [2.24, 2.45) is 5.92 Å². The fourth-order valence-electron chi connectivity index (χ4n) is 1.72. The number of benzene rings is 1. The number of carboxylic acids is 1. The van der Waals surface area contributed by atoms with E-state index in [1.165, 1.54) is 6.07 Å². The molecule has 0 aliphatic rings. The Hall–Kier alpha value is -2.11. The summed E-state index contributed by atoms with van der Waals surface area (Å²) in [7, 11) is 0. The Bertz CT molecular complexity index is 477. The van der Waals surface area contributed by atoms with E-state index in [0.717, 1.165) is 0 Å². The van der Waals surface area contributed by atoms with Crippen molar-refractivity contribution in [1.29, 1.82) is 0 Å². The first-order chi connectivity index (χ1) is 9.41. The number of hydrogen-bond donors (Lipinski definition) is 3. The molecule has 1 aromatic carbocycles. The van der Waals surface area contributed by atoms with Crippen LogP contribution in [0, 0.1) is 11.7 Å². The zero-order valence-electron chi connectivity index (χ0n) is 11.5. The quantitative estimate of drug-likeness (QED) is 0.744. The van der Waals surface area contributed by atoms with Gasteiger partial charge >= 0.3 is 12.0 Å². The molecule has 1 unspecified atom stereocenters. The van der Waals surface area contributed by atoms with Gasteiger partial charge in [0.05, 0.1) is 0 Å². The largest absolute Gasteiger partial charge is 0.480 e. The molecular weight excluding hydrogens is 263 g/mol. The summed E-state index contributed by atoms with van der Waals surface area (Å²) in [6.45, 7) is 3.65. The van der Waals surface area contributed by atoms with Gasteiger partial charge in [-0.2, -0.15) is 0 Å². The van der Waals surface area contributed by atoms with Gasteiger partial charge < -0.3 is 15.7 Å². The standard InChI is InChI=1S/C14H19FN2O3/c1-9(2)12(13(18)19)17-14(20)16-8-7-10-5-3-4-6-11(10)15/h3-6,9,12H,7-8H2,1-2H3,(H,18,19)(H2,16,17,20). The molecule has 20 heavy (non-hydrogen) atoms. The number of carbonyl (C=O) groups is 2. The number of carboxylic acid groups (broad SMARTS) is 1. The molecule has 1 atom stereocenters. The Morgan fingerprint density at radius 3 is 2.50 bits per heavy atom. The molecule has 1 rings (SSSR count). The lowest BCUT2D eigenvalue weighted by Gasteiger charge is -2.18. The van der Waals surface area contributed by atoms with Gasteiger partial charge in [0.15, 0.2) is 0 Å². The Morgan fingerprint density at radius 1 is 1.30 bits per heavy atom. The zero-order chi connectivity index (χ0) is 15.1. The second-order valence-electron chi connectivity index (χ2n) is 4.80. The van der Waals surface area contributed by atoms with Gasteiger partial charge in [0.1, 0.15) is 11.9 Å². The Balaban J connectivity index is 2.40. The third kappa shape index (κ3) is 4.87. The predicted molar refractivity (Wildman–Crippen MR) is 72.9 cm³/mol. The third-order valence-corrected chi connectivity index (χ3v) is 2.86. The Labute approximate surface area is 117 Å². The first kappa shape index (κ1) is 15.9. The molecule has 0 saturated heterocycles. The topological polar surface area (TPSA) is 78.4 Å². The molecule has 3 N–H and O–H groups in total. The van der Waals surface area contributed by atoms with Crippen molar-refractivity contribution >= 4 is 12.0 Å². The highest BCUT2D eigenvalue weighted by molar-refractivity contribution is 5.82. The lowest BCUT2D eigenvalue weighted by Crippen LogP contribution is -2.48. The van der Waals surface area contributed by atoms with Crippen molar-refractivity contribution in [3.63, 3.8) is 0 Å². The normalized spacial score (nSPS) is 12.0. The number of hydrogen-bond acceptors (Lipinski definition) is 2. The highest BCUT2D eigenvalue weighted by atomic mass is 19.1. The number of rotatable bonds is 6. The first-order valence-electron chi connectivity index (χ1n) is 6.42. The summed E-state index contributed by atoms with van der Waals surface area (Å²) in [6.07, 6.45) is 0.347. The highest BCUT2D eigenvalue weighted by Gasteiger charge is 2.23. The van der Waals surface area contributed by atoms with Gasteiger partial charge in [-0.3, -0.25) is 0 Å². The number of amides is 2. The van der Waals surface area contributed by atoms with Crippen LogP contribution in [0.15, 0.2) is 24.3 Å². The minimum absolute atomic E-state index is 0.218. The van der Waals surface area contributed by atoms with Crippen molar-refractivity contribution in [2.75, 3.05) is 6.54 Å².